The molecule has 0 saturated heterocycles. The van der Waals surface area contributed by atoms with E-state index in [1.165, 1.54) is 36.4 Å². The third-order valence-corrected chi connectivity index (χ3v) is 3.39. The fourth-order valence-electron chi connectivity index (χ4n) is 1.86. The molecule has 0 atom stereocenters. The minimum atomic E-state index is -1.10. The number of anilines is 1. The Balaban J connectivity index is 1.77. The number of esters is 1. The van der Waals surface area contributed by atoms with E-state index in [0.717, 1.165) is 6.07 Å². The van der Waals surface area contributed by atoms with Crippen LogP contribution in [0.2, 0.25) is 5.02 Å². The Morgan fingerprint density at radius 3 is 2.35 bits per heavy atom. The second-order valence-corrected chi connectivity index (χ2v) is 5.41. The lowest BCUT2D eigenvalue weighted by Crippen LogP contribution is -2.35. The number of halogens is 3. The molecule has 2 aromatic rings. The van der Waals surface area contributed by atoms with E-state index in [1.807, 2.05) is 0 Å². The molecule has 0 fully saturated rings. The van der Waals surface area contributed by atoms with Gasteiger partial charge in [-0.25, -0.2) is 13.6 Å². The van der Waals surface area contributed by atoms with Crippen LogP contribution in [0.3, 0.4) is 0 Å². The van der Waals surface area contributed by atoms with Crippen LogP contribution in [0.15, 0.2) is 42.5 Å². The number of hydrogen-bond donors (Lipinski definition) is 2. The molecule has 136 valence electrons. The van der Waals surface area contributed by atoms with Gasteiger partial charge in [0.25, 0.3) is 5.91 Å². The molecule has 2 N–H and O–H groups in total. The van der Waals surface area contributed by atoms with E-state index < -0.39 is 48.1 Å². The molecule has 0 unspecified atom stereocenters. The number of carbonyl (C=O) groups excluding carboxylic acids is 3. The fourth-order valence-corrected chi connectivity index (χ4v) is 2.10. The summed E-state index contributed by atoms with van der Waals surface area (Å²) in [5.74, 6) is -3.75. The number of benzene rings is 2. The molecule has 0 radical (unpaired) electrons. The molecule has 9 heteroatoms. The largest absolute Gasteiger partial charge is 0.452 e. The van der Waals surface area contributed by atoms with Gasteiger partial charge in [-0.2, -0.15) is 0 Å². The van der Waals surface area contributed by atoms with Gasteiger partial charge in [-0.1, -0.05) is 17.7 Å². The molecular weight excluding hydrogens is 370 g/mol. The van der Waals surface area contributed by atoms with E-state index in [9.17, 15) is 23.2 Å². The Bertz CT molecular complexity index is 808. The van der Waals surface area contributed by atoms with Crippen LogP contribution in [-0.2, 0) is 14.3 Å². The van der Waals surface area contributed by atoms with Gasteiger partial charge in [-0.15, -0.1) is 0 Å². The van der Waals surface area contributed by atoms with Crippen LogP contribution in [0.5, 0.6) is 0 Å². The van der Waals surface area contributed by atoms with Gasteiger partial charge in [0.15, 0.2) is 6.61 Å². The van der Waals surface area contributed by atoms with Crippen molar-refractivity contribution in [2.75, 3.05) is 18.5 Å². The van der Waals surface area contributed by atoms with Crippen LogP contribution in [0.1, 0.15) is 10.4 Å². The first kappa shape index (κ1) is 19.3. The number of rotatable bonds is 6. The van der Waals surface area contributed by atoms with Gasteiger partial charge in [0.2, 0.25) is 5.91 Å². The normalized spacial score (nSPS) is 10.1. The second-order valence-electron chi connectivity index (χ2n) is 5.00. The number of nitrogens with one attached hydrogen (secondary N) is 2. The van der Waals surface area contributed by atoms with Crippen LogP contribution in [0, 0.1) is 11.6 Å². The first-order valence-electron chi connectivity index (χ1n) is 7.30. The average molecular weight is 383 g/mol. The number of hydrogen-bond acceptors (Lipinski definition) is 4. The summed E-state index contributed by atoms with van der Waals surface area (Å²) in [4.78, 5) is 35.0. The maximum Gasteiger partial charge on any atom is 0.343 e. The molecule has 0 heterocycles. The molecule has 0 aliphatic rings. The van der Waals surface area contributed by atoms with E-state index in [2.05, 4.69) is 15.4 Å². The first-order chi connectivity index (χ1) is 12.4. The van der Waals surface area contributed by atoms with Crippen LogP contribution >= 0.6 is 11.6 Å². The quantitative estimate of drug-likeness (QED) is 0.752. The minimum Gasteiger partial charge on any atom is -0.452 e. The maximum atomic E-state index is 13.5. The Morgan fingerprint density at radius 2 is 1.69 bits per heavy atom. The van der Waals surface area contributed by atoms with Gasteiger partial charge in [0.1, 0.15) is 17.2 Å². The van der Waals surface area contributed by atoms with Gasteiger partial charge in [-0.3, -0.25) is 9.59 Å². The predicted octanol–water partition coefficient (Wildman–Crippen LogP) is 2.53. The molecule has 2 amide bonds. The Hall–Kier alpha value is -3.00. The molecule has 0 spiro atoms. The van der Waals surface area contributed by atoms with E-state index >= 15 is 0 Å². The van der Waals surface area contributed by atoms with Crippen molar-refractivity contribution in [2.24, 2.45) is 0 Å². The van der Waals surface area contributed by atoms with Crippen LogP contribution < -0.4 is 10.6 Å². The summed E-state index contributed by atoms with van der Waals surface area (Å²) >= 11 is 5.71. The second kappa shape index (κ2) is 8.91. The summed E-state index contributed by atoms with van der Waals surface area (Å²) in [6.07, 6.45) is 0. The van der Waals surface area contributed by atoms with Crippen molar-refractivity contribution in [3.63, 3.8) is 0 Å². The number of amides is 2. The number of carbonyl (C=O) groups is 3. The summed E-state index contributed by atoms with van der Waals surface area (Å²) < 4.78 is 31.0. The highest BCUT2D eigenvalue weighted by Crippen LogP contribution is 2.19. The van der Waals surface area contributed by atoms with Crippen molar-refractivity contribution in [1.82, 2.24) is 5.32 Å². The van der Waals surface area contributed by atoms with Crippen molar-refractivity contribution in [1.29, 1.82) is 0 Å². The predicted molar refractivity (Wildman–Crippen MR) is 89.7 cm³/mol. The Morgan fingerprint density at radius 1 is 1.00 bits per heavy atom. The monoisotopic (exact) mass is 382 g/mol. The molecule has 26 heavy (non-hydrogen) atoms. The third kappa shape index (κ3) is 5.52. The van der Waals surface area contributed by atoms with Gasteiger partial charge < -0.3 is 15.4 Å². The molecule has 0 saturated carbocycles. The van der Waals surface area contributed by atoms with Gasteiger partial charge in [-0.05, 0) is 36.4 Å². The highest BCUT2D eigenvalue weighted by Gasteiger charge is 2.18. The van der Waals surface area contributed by atoms with Crippen molar-refractivity contribution in [3.8, 4) is 0 Å². The average Bonchev–Trinajstić information content (AvgIpc) is 2.60. The zero-order valence-electron chi connectivity index (χ0n) is 13.2. The van der Waals surface area contributed by atoms with Crippen LogP contribution in [0.25, 0.3) is 0 Å². The zero-order valence-corrected chi connectivity index (χ0v) is 14.0. The van der Waals surface area contributed by atoms with Gasteiger partial charge >= 0.3 is 5.97 Å². The molecule has 2 aromatic carbocycles. The summed E-state index contributed by atoms with van der Waals surface area (Å²) in [5, 5.41) is 4.51. The van der Waals surface area contributed by atoms with E-state index in [1.54, 1.807) is 0 Å². The van der Waals surface area contributed by atoms with E-state index in [4.69, 9.17) is 11.6 Å². The van der Waals surface area contributed by atoms with Gasteiger partial charge in [0.05, 0.1) is 11.6 Å². The van der Waals surface area contributed by atoms with E-state index in [0.29, 0.717) is 5.69 Å². The first-order valence-corrected chi connectivity index (χ1v) is 7.68. The summed E-state index contributed by atoms with van der Waals surface area (Å²) in [6, 6.07) is 8.71. The molecular formula is C17H13ClF2N2O4. The minimum absolute atomic E-state index is 0.144. The third-order valence-electron chi connectivity index (χ3n) is 3.08. The van der Waals surface area contributed by atoms with E-state index in [-0.39, 0.29) is 5.02 Å². The number of ether oxygens (including phenoxy) is 1. The topological polar surface area (TPSA) is 84.5 Å². The Kier molecular flexibility index (Phi) is 6.62. The van der Waals surface area contributed by atoms with Gasteiger partial charge in [0, 0.05) is 5.69 Å². The highest BCUT2D eigenvalue weighted by atomic mass is 35.5. The zero-order chi connectivity index (χ0) is 19.1. The standard InChI is InChI=1S/C17H13ClF2N2O4/c18-12-2-1-3-13(20)16(12)17(25)26-9-15(24)21-8-14(23)22-11-6-4-10(19)5-7-11/h1-7H,8-9H2,(H,21,24)(H,22,23). The smallest absolute Gasteiger partial charge is 0.343 e. The summed E-state index contributed by atoms with van der Waals surface area (Å²) in [7, 11) is 0. The fraction of sp³-hybridized carbons (Fsp3) is 0.118. The molecule has 2 rings (SSSR count). The molecule has 0 aliphatic heterocycles. The molecule has 0 bridgehead atoms. The van der Waals surface area contributed by atoms with Crippen LogP contribution in [-0.4, -0.2) is 30.9 Å². The lowest BCUT2D eigenvalue weighted by atomic mass is 10.2. The summed E-state index contributed by atoms with van der Waals surface area (Å²) in [5.41, 5.74) is -0.123. The summed E-state index contributed by atoms with van der Waals surface area (Å²) in [6.45, 7) is -1.11. The lowest BCUT2D eigenvalue weighted by Gasteiger charge is -2.08. The lowest BCUT2D eigenvalue weighted by molar-refractivity contribution is -0.126. The Labute approximate surface area is 152 Å². The molecule has 0 aromatic heterocycles. The van der Waals surface area contributed by atoms with Crippen molar-refractivity contribution in [2.45, 2.75) is 0 Å². The maximum absolute atomic E-state index is 13.5. The van der Waals surface area contributed by atoms with Crippen LogP contribution in [0.4, 0.5) is 14.5 Å². The van der Waals surface area contributed by atoms with Crippen molar-refractivity contribution < 1.29 is 27.9 Å². The van der Waals surface area contributed by atoms with Crippen molar-refractivity contribution >= 4 is 35.1 Å². The van der Waals surface area contributed by atoms with Crippen molar-refractivity contribution in [3.05, 3.63) is 64.7 Å². The molecule has 6 nitrogen and oxygen atoms in total. The highest BCUT2D eigenvalue weighted by molar-refractivity contribution is 6.33. The molecule has 0 aliphatic carbocycles. The SMILES string of the molecule is O=C(COC(=O)c1c(F)cccc1Cl)NCC(=O)Nc1ccc(F)cc1.